The molecule has 3 heteroatoms. The van der Waals surface area contributed by atoms with Crippen molar-refractivity contribution in [3.8, 4) is 0 Å². The molecule has 1 fully saturated rings. The van der Waals surface area contributed by atoms with Gasteiger partial charge in [0.05, 0.1) is 5.92 Å². The van der Waals surface area contributed by atoms with Crippen LogP contribution in [0, 0.1) is 5.92 Å². The van der Waals surface area contributed by atoms with Crippen molar-refractivity contribution in [3.05, 3.63) is 0 Å². The Labute approximate surface area is 79.4 Å². The maximum Gasteiger partial charge on any atom is 0.167 e. The van der Waals surface area contributed by atoms with E-state index < -0.39 is 0 Å². The molecule has 0 N–H and O–H groups in total. The lowest BCUT2D eigenvalue weighted by Crippen LogP contribution is -2.30. The van der Waals surface area contributed by atoms with Gasteiger partial charge in [0, 0.05) is 19.6 Å². The summed E-state index contributed by atoms with van der Waals surface area (Å²) in [4.78, 5) is 11.4. The number of hydrogen-bond donors (Lipinski definition) is 0. The van der Waals surface area contributed by atoms with Gasteiger partial charge >= 0.3 is 0 Å². The van der Waals surface area contributed by atoms with Crippen LogP contribution >= 0.6 is 0 Å². The van der Waals surface area contributed by atoms with Crippen LogP contribution in [0.1, 0.15) is 33.1 Å². The first-order valence-electron chi connectivity index (χ1n) is 5.05. The van der Waals surface area contributed by atoms with Crippen LogP contribution in [0.5, 0.6) is 0 Å². The summed E-state index contributed by atoms with van der Waals surface area (Å²) in [6, 6.07) is 0. The average Bonchev–Trinajstić information content (AvgIpc) is 2.51. The van der Waals surface area contributed by atoms with E-state index in [1.807, 2.05) is 13.8 Å². The molecule has 1 saturated carbocycles. The van der Waals surface area contributed by atoms with Crippen LogP contribution in [-0.2, 0) is 14.3 Å². The van der Waals surface area contributed by atoms with Crippen molar-refractivity contribution in [1.29, 1.82) is 0 Å². The van der Waals surface area contributed by atoms with Crippen molar-refractivity contribution in [3.63, 3.8) is 0 Å². The van der Waals surface area contributed by atoms with Crippen molar-refractivity contribution in [2.45, 2.75) is 39.4 Å². The van der Waals surface area contributed by atoms with Gasteiger partial charge in [-0.1, -0.05) is 0 Å². The number of carbonyl (C=O) groups is 1. The zero-order chi connectivity index (χ0) is 9.68. The number of carbonyl (C=O) groups excluding carboxylic acids is 1. The molecule has 1 unspecified atom stereocenters. The summed E-state index contributed by atoms with van der Waals surface area (Å²) in [7, 11) is 0. The van der Waals surface area contributed by atoms with Gasteiger partial charge < -0.3 is 9.47 Å². The Hall–Kier alpha value is -0.410. The SMILES string of the molecule is CCOC(OCC)C1CCCC1=O. The smallest absolute Gasteiger partial charge is 0.167 e. The summed E-state index contributed by atoms with van der Waals surface area (Å²) < 4.78 is 10.8. The second-order valence-corrected chi connectivity index (χ2v) is 3.24. The van der Waals surface area contributed by atoms with Crippen molar-refractivity contribution < 1.29 is 14.3 Å². The van der Waals surface area contributed by atoms with Crippen LogP contribution in [0.2, 0.25) is 0 Å². The minimum Gasteiger partial charge on any atom is -0.352 e. The monoisotopic (exact) mass is 186 g/mol. The highest BCUT2D eigenvalue weighted by Crippen LogP contribution is 2.26. The van der Waals surface area contributed by atoms with Gasteiger partial charge in [-0.15, -0.1) is 0 Å². The van der Waals surface area contributed by atoms with Crippen LogP contribution in [0.3, 0.4) is 0 Å². The third-order valence-corrected chi connectivity index (χ3v) is 2.34. The predicted octanol–water partition coefficient (Wildman–Crippen LogP) is 1.75. The maximum atomic E-state index is 11.4. The molecule has 76 valence electrons. The average molecular weight is 186 g/mol. The Morgan fingerprint density at radius 2 is 2.00 bits per heavy atom. The van der Waals surface area contributed by atoms with Crippen LogP contribution in [0.4, 0.5) is 0 Å². The highest BCUT2D eigenvalue weighted by molar-refractivity contribution is 5.83. The Morgan fingerprint density at radius 3 is 2.38 bits per heavy atom. The first-order chi connectivity index (χ1) is 6.29. The van der Waals surface area contributed by atoms with E-state index in [-0.39, 0.29) is 12.2 Å². The van der Waals surface area contributed by atoms with E-state index in [4.69, 9.17) is 9.47 Å². The molecule has 0 aromatic carbocycles. The Morgan fingerprint density at radius 1 is 1.38 bits per heavy atom. The predicted molar refractivity (Wildman–Crippen MR) is 49.4 cm³/mol. The summed E-state index contributed by atoms with van der Waals surface area (Å²) in [6.07, 6.45) is 2.30. The normalized spacial score (nSPS) is 23.0. The zero-order valence-electron chi connectivity index (χ0n) is 8.41. The van der Waals surface area contributed by atoms with Crippen LogP contribution < -0.4 is 0 Å². The highest BCUT2D eigenvalue weighted by atomic mass is 16.7. The first kappa shape index (κ1) is 10.7. The van der Waals surface area contributed by atoms with Gasteiger partial charge in [-0.2, -0.15) is 0 Å². The molecule has 0 radical (unpaired) electrons. The molecule has 3 nitrogen and oxygen atoms in total. The van der Waals surface area contributed by atoms with E-state index in [0.717, 1.165) is 12.8 Å². The molecule has 0 aromatic heterocycles. The van der Waals surface area contributed by atoms with Gasteiger partial charge in [0.15, 0.2) is 6.29 Å². The second-order valence-electron chi connectivity index (χ2n) is 3.24. The molecule has 1 aliphatic carbocycles. The number of ketones is 1. The summed E-state index contributed by atoms with van der Waals surface area (Å²) in [6.45, 7) is 5.06. The molecule has 13 heavy (non-hydrogen) atoms. The second kappa shape index (κ2) is 5.35. The molecule has 0 bridgehead atoms. The Kier molecular flexibility index (Phi) is 4.39. The Bertz CT molecular complexity index is 162. The van der Waals surface area contributed by atoms with E-state index >= 15 is 0 Å². The molecule has 1 rings (SSSR count). The lowest BCUT2D eigenvalue weighted by Gasteiger charge is -2.21. The number of hydrogen-bond acceptors (Lipinski definition) is 3. The van der Waals surface area contributed by atoms with Gasteiger partial charge in [0.1, 0.15) is 5.78 Å². The van der Waals surface area contributed by atoms with E-state index in [9.17, 15) is 4.79 Å². The lowest BCUT2D eigenvalue weighted by atomic mass is 10.1. The highest BCUT2D eigenvalue weighted by Gasteiger charge is 2.32. The molecule has 0 amide bonds. The van der Waals surface area contributed by atoms with Crippen molar-refractivity contribution in [1.82, 2.24) is 0 Å². The molecule has 0 spiro atoms. The summed E-state index contributed by atoms with van der Waals surface area (Å²) in [5, 5.41) is 0. The van der Waals surface area contributed by atoms with Gasteiger partial charge in [-0.05, 0) is 26.7 Å². The van der Waals surface area contributed by atoms with Crippen LogP contribution in [0.25, 0.3) is 0 Å². The first-order valence-corrected chi connectivity index (χ1v) is 5.05. The van der Waals surface area contributed by atoms with E-state index in [2.05, 4.69) is 0 Å². The molecule has 0 aromatic rings. The number of ether oxygens (including phenoxy) is 2. The molecule has 1 atom stereocenters. The van der Waals surface area contributed by atoms with Gasteiger partial charge in [-0.25, -0.2) is 0 Å². The lowest BCUT2D eigenvalue weighted by molar-refractivity contribution is -0.171. The Balaban J connectivity index is 2.47. The summed E-state index contributed by atoms with van der Waals surface area (Å²) in [5.41, 5.74) is 0. The van der Waals surface area contributed by atoms with Crippen molar-refractivity contribution in [2.24, 2.45) is 5.92 Å². The molecule has 0 heterocycles. The summed E-state index contributed by atoms with van der Waals surface area (Å²) in [5.74, 6) is 0.284. The van der Waals surface area contributed by atoms with Gasteiger partial charge in [0.25, 0.3) is 0 Å². The topological polar surface area (TPSA) is 35.5 Å². The quantitative estimate of drug-likeness (QED) is 0.614. The fourth-order valence-electron chi connectivity index (χ4n) is 1.74. The van der Waals surface area contributed by atoms with Crippen LogP contribution in [-0.4, -0.2) is 25.3 Å². The van der Waals surface area contributed by atoms with Crippen molar-refractivity contribution >= 4 is 5.78 Å². The van der Waals surface area contributed by atoms with E-state index in [0.29, 0.717) is 25.4 Å². The van der Waals surface area contributed by atoms with Crippen LogP contribution in [0.15, 0.2) is 0 Å². The third-order valence-electron chi connectivity index (χ3n) is 2.34. The number of Topliss-reactive ketones (excluding diaryl/α,β-unsaturated/α-hetero) is 1. The van der Waals surface area contributed by atoms with E-state index in [1.54, 1.807) is 0 Å². The van der Waals surface area contributed by atoms with Crippen molar-refractivity contribution in [2.75, 3.05) is 13.2 Å². The van der Waals surface area contributed by atoms with E-state index in [1.165, 1.54) is 0 Å². The molecule has 0 aliphatic heterocycles. The fourth-order valence-corrected chi connectivity index (χ4v) is 1.74. The number of rotatable bonds is 5. The molecular formula is C10H18O3. The maximum absolute atomic E-state index is 11.4. The zero-order valence-corrected chi connectivity index (χ0v) is 8.41. The minimum atomic E-state index is -0.301. The molecule has 0 saturated heterocycles. The van der Waals surface area contributed by atoms with Gasteiger partial charge in [-0.3, -0.25) is 4.79 Å². The minimum absolute atomic E-state index is 0.0140. The summed E-state index contributed by atoms with van der Waals surface area (Å²) >= 11 is 0. The van der Waals surface area contributed by atoms with Gasteiger partial charge in [0.2, 0.25) is 0 Å². The fraction of sp³-hybridized carbons (Fsp3) is 0.900. The molecular weight excluding hydrogens is 168 g/mol. The standard InChI is InChI=1S/C10H18O3/c1-3-12-10(13-4-2)8-6-5-7-9(8)11/h8,10H,3-7H2,1-2H3. The third kappa shape index (κ3) is 2.78. The molecule has 1 aliphatic rings. The largest absolute Gasteiger partial charge is 0.352 e.